The first-order chi connectivity index (χ1) is 9.42. The molecule has 0 bridgehead atoms. The lowest BCUT2D eigenvalue weighted by atomic mass is 9.96. The van der Waals surface area contributed by atoms with Crippen molar-refractivity contribution in [2.75, 3.05) is 32.7 Å². The zero-order valence-corrected chi connectivity index (χ0v) is 13.3. The molecular weight excluding hydrogens is 250 g/mol. The van der Waals surface area contributed by atoms with Gasteiger partial charge in [-0.3, -0.25) is 4.79 Å². The fraction of sp³-hybridized carbons (Fsp3) is 0.875. The number of nitrogens with zero attached hydrogens (tertiary/aromatic N) is 3. The summed E-state index contributed by atoms with van der Waals surface area (Å²) in [5, 5.41) is 8.74. The molecule has 1 aliphatic heterocycles. The molecule has 0 aromatic rings. The molecule has 4 nitrogen and oxygen atoms in total. The van der Waals surface area contributed by atoms with Crippen LogP contribution in [0.5, 0.6) is 0 Å². The van der Waals surface area contributed by atoms with Gasteiger partial charge in [0.1, 0.15) is 0 Å². The van der Waals surface area contributed by atoms with Gasteiger partial charge in [0, 0.05) is 45.6 Å². The van der Waals surface area contributed by atoms with Gasteiger partial charge in [-0.25, -0.2) is 0 Å². The molecular formula is C16H29N3O. The minimum absolute atomic E-state index is 0.198. The normalized spacial score (nSPS) is 16.2. The Morgan fingerprint density at radius 1 is 1.20 bits per heavy atom. The van der Waals surface area contributed by atoms with Crippen LogP contribution in [0.3, 0.4) is 0 Å². The first-order valence-corrected chi connectivity index (χ1v) is 7.79. The second kappa shape index (κ2) is 8.26. The molecule has 0 spiro atoms. The predicted molar refractivity (Wildman–Crippen MR) is 81.2 cm³/mol. The maximum Gasteiger partial charge on any atom is 0.223 e. The summed E-state index contributed by atoms with van der Waals surface area (Å²) in [6.07, 6.45) is 4.66. The van der Waals surface area contributed by atoms with Crippen molar-refractivity contribution >= 4 is 5.91 Å². The second-order valence-corrected chi connectivity index (χ2v) is 6.94. The Morgan fingerprint density at radius 3 is 2.40 bits per heavy atom. The number of likely N-dealkylation sites (tertiary alicyclic amines) is 1. The lowest BCUT2D eigenvalue weighted by molar-refractivity contribution is -0.132. The van der Waals surface area contributed by atoms with Crippen LogP contribution in [-0.4, -0.2) is 48.4 Å². The molecule has 0 aliphatic carbocycles. The third-order valence-electron chi connectivity index (χ3n) is 3.59. The average Bonchev–Trinajstić information content (AvgIpc) is 2.41. The standard InChI is InChI=1S/C16H29N3O/c1-16(2,3)14-18(10-7-9-17)13-8-15(20)19-11-5-4-6-12-19/h4-8,10-14H2,1-3H3. The van der Waals surface area contributed by atoms with Crippen LogP contribution in [0.2, 0.25) is 0 Å². The van der Waals surface area contributed by atoms with Crippen molar-refractivity contribution in [2.45, 2.75) is 52.9 Å². The molecule has 0 aromatic carbocycles. The highest BCUT2D eigenvalue weighted by Crippen LogP contribution is 2.16. The van der Waals surface area contributed by atoms with Crippen LogP contribution in [0, 0.1) is 16.7 Å². The highest BCUT2D eigenvalue weighted by molar-refractivity contribution is 5.76. The number of amides is 1. The van der Waals surface area contributed by atoms with Crippen LogP contribution >= 0.6 is 0 Å². The van der Waals surface area contributed by atoms with Crippen molar-refractivity contribution in [1.29, 1.82) is 5.26 Å². The Morgan fingerprint density at radius 2 is 1.85 bits per heavy atom. The fourth-order valence-corrected chi connectivity index (χ4v) is 2.70. The van der Waals surface area contributed by atoms with Crippen molar-refractivity contribution in [3.63, 3.8) is 0 Å². The quantitative estimate of drug-likeness (QED) is 0.751. The van der Waals surface area contributed by atoms with Crippen LogP contribution in [0.1, 0.15) is 52.9 Å². The molecule has 0 atom stereocenters. The van der Waals surface area contributed by atoms with E-state index in [-0.39, 0.29) is 11.3 Å². The number of hydrogen-bond donors (Lipinski definition) is 0. The van der Waals surface area contributed by atoms with Gasteiger partial charge in [0.2, 0.25) is 5.91 Å². The minimum Gasteiger partial charge on any atom is -0.343 e. The van der Waals surface area contributed by atoms with E-state index in [0.29, 0.717) is 12.8 Å². The zero-order chi connectivity index (χ0) is 15.0. The number of nitriles is 1. The molecule has 20 heavy (non-hydrogen) atoms. The van der Waals surface area contributed by atoms with E-state index in [4.69, 9.17) is 5.26 Å². The zero-order valence-electron chi connectivity index (χ0n) is 13.3. The van der Waals surface area contributed by atoms with Crippen molar-refractivity contribution in [2.24, 2.45) is 5.41 Å². The smallest absolute Gasteiger partial charge is 0.223 e. The van der Waals surface area contributed by atoms with Crippen molar-refractivity contribution in [3.8, 4) is 6.07 Å². The van der Waals surface area contributed by atoms with Gasteiger partial charge < -0.3 is 9.80 Å². The number of carbonyl (C=O) groups is 1. The second-order valence-electron chi connectivity index (χ2n) is 6.94. The van der Waals surface area contributed by atoms with E-state index in [0.717, 1.165) is 45.6 Å². The number of carbonyl (C=O) groups excluding carboxylic acids is 1. The first-order valence-electron chi connectivity index (χ1n) is 7.79. The van der Waals surface area contributed by atoms with Crippen molar-refractivity contribution < 1.29 is 4.79 Å². The summed E-state index contributed by atoms with van der Waals surface area (Å²) in [5.41, 5.74) is 0.198. The third-order valence-corrected chi connectivity index (χ3v) is 3.59. The van der Waals surface area contributed by atoms with Gasteiger partial charge in [-0.2, -0.15) is 5.26 Å². The summed E-state index contributed by atoms with van der Waals surface area (Å²) in [6, 6.07) is 2.20. The van der Waals surface area contributed by atoms with Crippen molar-refractivity contribution in [3.05, 3.63) is 0 Å². The van der Waals surface area contributed by atoms with E-state index in [1.165, 1.54) is 6.42 Å². The summed E-state index contributed by atoms with van der Waals surface area (Å²) in [6.45, 7) is 10.9. The Hall–Kier alpha value is -1.08. The van der Waals surface area contributed by atoms with Gasteiger partial charge in [0.15, 0.2) is 0 Å². The SMILES string of the molecule is CC(C)(C)CN(CCC#N)CCC(=O)N1CCCCC1. The molecule has 1 saturated heterocycles. The summed E-state index contributed by atoms with van der Waals surface area (Å²) in [7, 11) is 0. The molecule has 1 aliphatic rings. The monoisotopic (exact) mass is 279 g/mol. The van der Waals surface area contributed by atoms with Gasteiger partial charge >= 0.3 is 0 Å². The molecule has 0 saturated carbocycles. The molecule has 1 fully saturated rings. The Bertz CT molecular complexity index is 335. The van der Waals surface area contributed by atoms with Crippen LogP contribution in [-0.2, 0) is 4.79 Å². The molecule has 1 amide bonds. The maximum absolute atomic E-state index is 12.2. The van der Waals surface area contributed by atoms with Gasteiger partial charge in [-0.15, -0.1) is 0 Å². The summed E-state index contributed by atoms with van der Waals surface area (Å²) in [5.74, 6) is 0.278. The molecule has 1 heterocycles. The first kappa shape index (κ1) is 17.0. The lowest BCUT2D eigenvalue weighted by Crippen LogP contribution is -2.39. The highest BCUT2D eigenvalue weighted by Gasteiger charge is 2.20. The van der Waals surface area contributed by atoms with Gasteiger partial charge in [-0.1, -0.05) is 20.8 Å². The summed E-state index contributed by atoms with van der Waals surface area (Å²) >= 11 is 0. The van der Waals surface area contributed by atoms with E-state index >= 15 is 0 Å². The van der Waals surface area contributed by atoms with E-state index in [9.17, 15) is 4.79 Å². The van der Waals surface area contributed by atoms with E-state index < -0.39 is 0 Å². The number of rotatable bonds is 6. The molecule has 114 valence electrons. The van der Waals surface area contributed by atoms with Crippen LogP contribution in [0.25, 0.3) is 0 Å². The number of piperidine rings is 1. The third kappa shape index (κ3) is 6.91. The van der Waals surface area contributed by atoms with Crippen LogP contribution in [0.4, 0.5) is 0 Å². The van der Waals surface area contributed by atoms with Crippen molar-refractivity contribution in [1.82, 2.24) is 9.80 Å². The Labute approximate surface area is 123 Å². The highest BCUT2D eigenvalue weighted by atomic mass is 16.2. The number of hydrogen-bond acceptors (Lipinski definition) is 3. The summed E-state index contributed by atoms with van der Waals surface area (Å²) < 4.78 is 0. The topological polar surface area (TPSA) is 47.3 Å². The molecule has 0 aromatic heterocycles. The molecule has 0 N–H and O–H groups in total. The molecule has 1 rings (SSSR count). The molecule has 0 unspecified atom stereocenters. The lowest BCUT2D eigenvalue weighted by Gasteiger charge is -2.31. The molecule has 0 radical (unpaired) electrons. The van der Waals surface area contributed by atoms with Gasteiger partial charge in [-0.05, 0) is 24.7 Å². The molecule has 4 heteroatoms. The minimum atomic E-state index is 0.198. The Balaban J connectivity index is 2.39. The predicted octanol–water partition coefficient (Wildman–Crippen LogP) is 2.65. The van der Waals surface area contributed by atoms with Gasteiger partial charge in [0.25, 0.3) is 0 Å². The van der Waals surface area contributed by atoms with Gasteiger partial charge in [0.05, 0.1) is 6.07 Å². The summed E-state index contributed by atoms with van der Waals surface area (Å²) in [4.78, 5) is 16.4. The van der Waals surface area contributed by atoms with Crippen LogP contribution in [0.15, 0.2) is 0 Å². The Kier molecular flexibility index (Phi) is 7.01. The van der Waals surface area contributed by atoms with E-state index in [2.05, 4.69) is 31.7 Å². The van der Waals surface area contributed by atoms with E-state index in [1.807, 2.05) is 4.90 Å². The van der Waals surface area contributed by atoms with E-state index in [1.54, 1.807) is 0 Å². The maximum atomic E-state index is 12.2. The largest absolute Gasteiger partial charge is 0.343 e. The fourth-order valence-electron chi connectivity index (χ4n) is 2.70. The average molecular weight is 279 g/mol. The van der Waals surface area contributed by atoms with Crippen LogP contribution < -0.4 is 0 Å².